The van der Waals surface area contributed by atoms with Crippen LogP contribution in [0.15, 0.2) is 18.2 Å². The van der Waals surface area contributed by atoms with Gasteiger partial charge in [0.25, 0.3) is 0 Å². The van der Waals surface area contributed by atoms with E-state index in [1.807, 2.05) is 0 Å². The number of benzene rings is 1. The first-order valence-electron chi connectivity index (χ1n) is 5.49. The molecule has 1 aromatic rings. The molecule has 6 heteroatoms. The Labute approximate surface area is 104 Å². The summed E-state index contributed by atoms with van der Waals surface area (Å²) in [5.41, 5.74) is 0.0315. The monoisotopic (exact) mass is 255 g/mol. The highest BCUT2D eigenvalue weighted by molar-refractivity contribution is 5.92. The number of hydrogen-bond acceptors (Lipinski definition) is 4. The smallest absolute Gasteiger partial charge is 0.411 e. The van der Waals surface area contributed by atoms with Crippen molar-refractivity contribution in [3.8, 4) is 0 Å². The van der Waals surface area contributed by atoms with Gasteiger partial charge in [0, 0.05) is 0 Å². The fraction of sp³-hybridized carbons (Fsp3) is 0.333. The van der Waals surface area contributed by atoms with Crippen molar-refractivity contribution in [3.05, 3.63) is 29.6 Å². The predicted octanol–water partition coefficient (Wildman–Crippen LogP) is 2.57. The van der Waals surface area contributed by atoms with Gasteiger partial charge >= 0.3 is 12.1 Å². The third-order valence-corrected chi connectivity index (χ3v) is 1.99. The van der Waals surface area contributed by atoms with Crippen molar-refractivity contribution in [2.75, 3.05) is 18.5 Å². The highest BCUT2D eigenvalue weighted by Crippen LogP contribution is 2.17. The highest BCUT2D eigenvalue weighted by Gasteiger charge is 2.12. The van der Waals surface area contributed by atoms with Gasteiger partial charge in [0.15, 0.2) is 0 Å². The average molecular weight is 255 g/mol. The van der Waals surface area contributed by atoms with Gasteiger partial charge in [-0.3, -0.25) is 5.32 Å². The summed E-state index contributed by atoms with van der Waals surface area (Å²) >= 11 is 0. The molecule has 5 nitrogen and oxygen atoms in total. The van der Waals surface area contributed by atoms with Gasteiger partial charge in [-0.1, -0.05) is 0 Å². The molecule has 0 aliphatic carbocycles. The molecular weight excluding hydrogens is 241 g/mol. The summed E-state index contributed by atoms with van der Waals surface area (Å²) in [7, 11) is 0. The lowest BCUT2D eigenvalue weighted by atomic mass is 10.2. The molecule has 0 aromatic heterocycles. The summed E-state index contributed by atoms with van der Waals surface area (Å²) < 4.78 is 22.8. The molecule has 1 rings (SSSR count). The summed E-state index contributed by atoms with van der Waals surface area (Å²) in [4.78, 5) is 22.6. The number of hydrogen-bond donors (Lipinski definition) is 1. The Morgan fingerprint density at radius 1 is 1.22 bits per heavy atom. The number of halogens is 1. The lowest BCUT2D eigenvalue weighted by molar-refractivity contribution is 0.0526. The minimum atomic E-state index is -0.780. The molecule has 0 atom stereocenters. The van der Waals surface area contributed by atoms with E-state index in [-0.39, 0.29) is 24.5 Å². The molecule has 1 N–H and O–H groups in total. The Morgan fingerprint density at radius 2 is 1.89 bits per heavy atom. The van der Waals surface area contributed by atoms with E-state index in [0.717, 1.165) is 6.07 Å². The topological polar surface area (TPSA) is 64.6 Å². The zero-order valence-electron chi connectivity index (χ0n) is 10.2. The number of anilines is 1. The average Bonchev–Trinajstić information content (AvgIpc) is 2.32. The molecule has 0 radical (unpaired) electrons. The van der Waals surface area contributed by atoms with E-state index in [1.165, 1.54) is 12.1 Å². The van der Waals surface area contributed by atoms with Crippen LogP contribution in [-0.2, 0) is 9.47 Å². The zero-order chi connectivity index (χ0) is 13.5. The first-order chi connectivity index (χ1) is 8.58. The van der Waals surface area contributed by atoms with Crippen LogP contribution < -0.4 is 5.32 Å². The van der Waals surface area contributed by atoms with Crippen LogP contribution in [0.3, 0.4) is 0 Å². The van der Waals surface area contributed by atoms with Crippen molar-refractivity contribution >= 4 is 17.7 Å². The molecule has 0 saturated heterocycles. The Bertz CT molecular complexity index is 448. The second-order valence-corrected chi connectivity index (χ2v) is 3.26. The molecule has 0 saturated carbocycles. The SMILES string of the molecule is CCOC(=O)Nc1cc(C(=O)OCC)ccc1F. The van der Waals surface area contributed by atoms with E-state index < -0.39 is 17.9 Å². The first kappa shape index (κ1) is 14.0. The normalized spacial score (nSPS) is 9.72. The molecule has 0 heterocycles. The van der Waals surface area contributed by atoms with Gasteiger partial charge in [-0.2, -0.15) is 0 Å². The third kappa shape index (κ3) is 3.73. The van der Waals surface area contributed by atoms with Crippen LogP contribution in [0.4, 0.5) is 14.9 Å². The molecule has 0 aliphatic rings. The molecule has 98 valence electrons. The van der Waals surface area contributed by atoms with Gasteiger partial charge in [-0.15, -0.1) is 0 Å². The third-order valence-electron chi connectivity index (χ3n) is 1.99. The van der Waals surface area contributed by atoms with Gasteiger partial charge in [0.1, 0.15) is 5.82 Å². The summed E-state index contributed by atoms with van der Waals surface area (Å²) in [5.74, 6) is -1.24. The fourth-order valence-corrected chi connectivity index (χ4v) is 1.24. The summed E-state index contributed by atoms with van der Waals surface area (Å²) in [5, 5.41) is 2.20. The summed E-state index contributed by atoms with van der Waals surface area (Å²) in [6, 6.07) is 3.56. The largest absolute Gasteiger partial charge is 0.462 e. The number of carbonyl (C=O) groups excluding carboxylic acids is 2. The maximum Gasteiger partial charge on any atom is 0.411 e. The number of nitrogens with one attached hydrogen (secondary N) is 1. The minimum Gasteiger partial charge on any atom is -0.462 e. The standard InChI is InChI=1S/C12H14FNO4/c1-3-17-11(15)8-5-6-9(13)10(7-8)14-12(16)18-4-2/h5-7H,3-4H2,1-2H3,(H,14,16). The van der Waals surface area contributed by atoms with Crippen LogP contribution in [0.1, 0.15) is 24.2 Å². The Kier molecular flexibility index (Phi) is 5.10. The molecule has 1 amide bonds. The van der Waals surface area contributed by atoms with E-state index in [2.05, 4.69) is 10.1 Å². The summed E-state index contributed by atoms with van der Waals surface area (Å²) in [6.45, 7) is 3.69. The highest BCUT2D eigenvalue weighted by atomic mass is 19.1. The predicted molar refractivity (Wildman–Crippen MR) is 63.0 cm³/mol. The molecule has 0 unspecified atom stereocenters. The molecular formula is C12H14FNO4. The second-order valence-electron chi connectivity index (χ2n) is 3.26. The lowest BCUT2D eigenvalue weighted by Crippen LogP contribution is -2.15. The molecule has 0 fully saturated rings. The van der Waals surface area contributed by atoms with Crippen LogP contribution in [0.2, 0.25) is 0 Å². The molecule has 0 spiro atoms. The Morgan fingerprint density at radius 3 is 2.50 bits per heavy atom. The van der Waals surface area contributed by atoms with Gasteiger partial charge in [0.2, 0.25) is 0 Å². The maximum atomic E-state index is 13.4. The summed E-state index contributed by atoms with van der Waals surface area (Å²) in [6.07, 6.45) is -0.780. The number of amides is 1. The van der Waals surface area contributed by atoms with Crippen molar-refractivity contribution in [1.29, 1.82) is 0 Å². The number of ether oxygens (including phenoxy) is 2. The second kappa shape index (κ2) is 6.58. The van der Waals surface area contributed by atoms with Gasteiger partial charge in [-0.25, -0.2) is 14.0 Å². The fourth-order valence-electron chi connectivity index (χ4n) is 1.24. The van der Waals surface area contributed by atoms with Crippen molar-refractivity contribution < 1.29 is 23.5 Å². The van der Waals surface area contributed by atoms with Gasteiger partial charge < -0.3 is 9.47 Å². The van der Waals surface area contributed by atoms with E-state index in [4.69, 9.17) is 4.74 Å². The van der Waals surface area contributed by atoms with Crippen molar-refractivity contribution in [2.24, 2.45) is 0 Å². The molecule has 1 aromatic carbocycles. The van der Waals surface area contributed by atoms with Gasteiger partial charge in [-0.05, 0) is 32.0 Å². The molecule has 0 aliphatic heterocycles. The van der Waals surface area contributed by atoms with Gasteiger partial charge in [0.05, 0.1) is 24.5 Å². The Hall–Kier alpha value is -2.11. The van der Waals surface area contributed by atoms with E-state index in [0.29, 0.717) is 0 Å². The van der Waals surface area contributed by atoms with E-state index >= 15 is 0 Å². The van der Waals surface area contributed by atoms with E-state index in [9.17, 15) is 14.0 Å². The molecule has 0 bridgehead atoms. The minimum absolute atomic E-state index is 0.126. The first-order valence-corrected chi connectivity index (χ1v) is 5.49. The number of rotatable bonds is 4. The van der Waals surface area contributed by atoms with Crippen LogP contribution in [0.5, 0.6) is 0 Å². The lowest BCUT2D eigenvalue weighted by Gasteiger charge is -2.08. The van der Waals surface area contributed by atoms with Crippen molar-refractivity contribution in [3.63, 3.8) is 0 Å². The van der Waals surface area contributed by atoms with Crippen LogP contribution >= 0.6 is 0 Å². The van der Waals surface area contributed by atoms with Crippen molar-refractivity contribution in [1.82, 2.24) is 0 Å². The maximum absolute atomic E-state index is 13.4. The number of carbonyl (C=O) groups is 2. The Balaban J connectivity index is 2.87. The zero-order valence-corrected chi connectivity index (χ0v) is 10.2. The van der Waals surface area contributed by atoms with Crippen molar-refractivity contribution in [2.45, 2.75) is 13.8 Å². The number of esters is 1. The molecule has 18 heavy (non-hydrogen) atoms. The quantitative estimate of drug-likeness (QED) is 0.840. The van der Waals surface area contributed by atoms with Crippen LogP contribution in [0, 0.1) is 5.82 Å². The van der Waals surface area contributed by atoms with Crippen LogP contribution in [-0.4, -0.2) is 25.3 Å². The van der Waals surface area contributed by atoms with E-state index in [1.54, 1.807) is 13.8 Å². The van der Waals surface area contributed by atoms with Crippen LogP contribution in [0.25, 0.3) is 0 Å².